The Hall–Kier alpha value is 0.290. The summed E-state index contributed by atoms with van der Waals surface area (Å²) in [4.78, 5) is 2.51. The lowest BCUT2D eigenvalue weighted by Crippen LogP contribution is -2.47. The summed E-state index contributed by atoms with van der Waals surface area (Å²) in [6.45, 7) is 4.05. The van der Waals surface area contributed by atoms with Gasteiger partial charge in [-0.15, -0.1) is 24.8 Å². The highest BCUT2D eigenvalue weighted by Crippen LogP contribution is 2.46. The second-order valence-electron chi connectivity index (χ2n) is 6.42. The Balaban J connectivity index is 0.00000144. The molecule has 1 aliphatic carbocycles. The first-order chi connectivity index (χ1) is 10.7. The monoisotopic (exact) mass is 458 g/mol. The van der Waals surface area contributed by atoms with Gasteiger partial charge in [0.15, 0.2) is 0 Å². The van der Waals surface area contributed by atoms with E-state index in [9.17, 15) is 5.11 Å². The maximum absolute atomic E-state index is 10.6. The van der Waals surface area contributed by atoms with Gasteiger partial charge in [-0.05, 0) is 46.8 Å². The standard InChI is InChI=1S/C17H24BrClN2O.2ClH/c18-13-6-7-14(19)15(17(13)22)16(12-4-2-1-3-5-12)21-10-8-20-9-11-21;;/h6-7,12,16,20,22H,1-5,8-11H2;2*1H/t16-;;/m0../s1. The van der Waals surface area contributed by atoms with Crippen LogP contribution >= 0.6 is 52.3 Å². The maximum Gasteiger partial charge on any atom is 0.136 e. The Morgan fingerprint density at radius 1 is 1.12 bits per heavy atom. The van der Waals surface area contributed by atoms with Crippen molar-refractivity contribution in [1.82, 2.24) is 10.2 Å². The van der Waals surface area contributed by atoms with Crippen LogP contribution in [0.2, 0.25) is 5.02 Å². The summed E-state index contributed by atoms with van der Waals surface area (Å²) in [6.07, 6.45) is 6.38. The normalized spacial score (nSPS) is 20.8. The molecule has 0 spiro atoms. The van der Waals surface area contributed by atoms with Crippen LogP contribution in [0, 0.1) is 5.92 Å². The van der Waals surface area contributed by atoms with E-state index in [1.165, 1.54) is 32.1 Å². The number of benzene rings is 1. The zero-order valence-electron chi connectivity index (χ0n) is 13.6. The third kappa shape index (κ3) is 4.93. The quantitative estimate of drug-likeness (QED) is 0.653. The number of halogens is 4. The van der Waals surface area contributed by atoms with Gasteiger partial charge in [-0.3, -0.25) is 4.90 Å². The van der Waals surface area contributed by atoms with Crippen LogP contribution in [0.15, 0.2) is 16.6 Å². The first-order valence-electron chi connectivity index (χ1n) is 8.30. The number of phenols is 1. The van der Waals surface area contributed by atoms with Crippen LogP contribution in [0.4, 0.5) is 0 Å². The maximum atomic E-state index is 10.6. The van der Waals surface area contributed by atoms with Crippen LogP contribution in [0.1, 0.15) is 43.7 Å². The molecule has 1 aromatic rings. The molecule has 0 unspecified atom stereocenters. The third-order valence-electron chi connectivity index (χ3n) is 5.05. The van der Waals surface area contributed by atoms with Crippen molar-refractivity contribution in [3.63, 3.8) is 0 Å². The van der Waals surface area contributed by atoms with Gasteiger partial charge in [-0.25, -0.2) is 0 Å². The molecule has 7 heteroatoms. The molecule has 0 radical (unpaired) electrons. The number of phenolic OH excluding ortho intramolecular Hbond substituents is 1. The minimum atomic E-state index is 0. The molecule has 1 aliphatic heterocycles. The van der Waals surface area contributed by atoms with E-state index in [1.807, 2.05) is 12.1 Å². The Morgan fingerprint density at radius 2 is 1.75 bits per heavy atom. The minimum absolute atomic E-state index is 0. The van der Waals surface area contributed by atoms with Gasteiger partial charge in [0, 0.05) is 42.8 Å². The van der Waals surface area contributed by atoms with Crippen molar-refractivity contribution in [2.45, 2.75) is 38.1 Å². The van der Waals surface area contributed by atoms with Crippen LogP contribution < -0.4 is 5.32 Å². The summed E-state index contributed by atoms with van der Waals surface area (Å²) in [7, 11) is 0. The topological polar surface area (TPSA) is 35.5 Å². The van der Waals surface area contributed by atoms with Crippen molar-refractivity contribution in [3.8, 4) is 5.75 Å². The molecule has 0 bridgehead atoms. The predicted molar refractivity (Wildman–Crippen MR) is 109 cm³/mol. The minimum Gasteiger partial charge on any atom is -0.506 e. The fourth-order valence-electron chi connectivity index (χ4n) is 3.96. The zero-order chi connectivity index (χ0) is 15.5. The number of hydrogen-bond donors (Lipinski definition) is 2. The molecule has 3 rings (SSSR count). The Kier molecular flexibility index (Phi) is 9.72. The average molecular weight is 461 g/mol. The highest BCUT2D eigenvalue weighted by Gasteiger charge is 2.34. The van der Waals surface area contributed by atoms with Gasteiger partial charge in [0.05, 0.1) is 4.47 Å². The van der Waals surface area contributed by atoms with E-state index >= 15 is 0 Å². The van der Waals surface area contributed by atoms with Crippen LogP contribution in [0.25, 0.3) is 0 Å². The SMILES string of the molecule is Cl.Cl.Oc1c(Br)ccc(Cl)c1[C@H](C1CCCCC1)N1CCNCC1. The Labute approximate surface area is 170 Å². The van der Waals surface area contributed by atoms with Crippen molar-refractivity contribution in [2.24, 2.45) is 5.92 Å². The summed E-state index contributed by atoms with van der Waals surface area (Å²) in [5.41, 5.74) is 0.921. The fraction of sp³-hybridized carbons (Fsp3) is 0.647. The molecule has 24 heavy (non-hydrogen) atoms. The Morgan fingerprint density at radius 3 is 2.38 bits per heavy atom. The molecule has 1 atom stereocenters. The number of aromatic hydroxyl groups is 1. The van der Waals surface area contributed by atoms with Crippen molar-refractivity contribution in [1.29, 1.82) is 0 Å². The lowest BCUT2D eigenvalue weighted by molar-refractivity contribution is 0.101. The van der Waals surface area contributed by atoms with Gasteiger partial charge in [0.1, 0.15) is 5.75 Å². The zero-order valence-corrected chi connectivity index (χ0v) is 17.6. The van der Waals surface area contributed by atoms with Gasteiger partial charge in [0.25, 0.3) is 0 Å². The molecule has 2 N–H and O–H groups in total. The van der Waals surface area contributed by atoms with Gasteiger partial charge < -0.3 is 10.4 Å². The van der Waals surface area contributed by atoms with Crippen molar-refractivity contribution in [3.05, 3.63) is 27.2 Å². The van der Waals surface area contributed by atoms with E-state index < -0.39 is 0 Å². The fourth-order valence-corrected chi connectivity index (χ4v) is 4.57. The van der Waals surface area contributed by atoms with Gasteiger partial charge in [-0.2, -0.15) is 0 Å². The van der Waals surface area contributed by atoms with Crippen molar-refractivity contribution < 1.29 is 5.11 Å². The molecule has 2 aliphatic rings. The van der Waals surface area contributed by atoms with E-state index in [-0.39, 0.29) is 30.9 Å². The van der Waals surface area contributed by atoms with E-state index in [4.69, 9.17) is 11.6 Å². The summed E-state index contributed by atoms with van der Waals surface area (Å²) in [6, 6.07) is 3.96. The molecule has 0 amide bonds. The number of nitrogens with zero attached hydrogens (tertiary/aromatic N) is 1. The highest BCUT2D eigenvalue weighted by atomic mass is 79.9. The first-order valence-corrected chi connectivity index (χ1v) is 9.47. The molecule has 1 saturated carbocycles. The molecular formula is C17H26BrCl3N2O. The molecule has 138 valence electrons. The summed E-state index contributed by atoms with van der Waals surface area (Å²) < 4.78 is 0.739. The van der Waals surface area contributed by atoms with Crippen LogP contribution in [0.3, 0.4) is 0 Å². The largest absolute Gasteiger partial charge is 0.506 e. The smallest absolute Gasteiger partial charge is 0.136 e. The average Bonchev–Trinajstić information content (AvgIpc) is 2.57. The molecule has 1 aromatic carbocycles. The second-order valence-corrected chi connectivity index (χ2v) is 7.68. The van der Waals surface area contributed by atoms with Crippen LogP contribution in [-0.2, 0) is 0 Å². The van der Waals surface area contributed by atoms with E-state index in [0.29, 0.717) is 16.7 Å². The summed E-state index contributed by atoms with van der Waals surface area (Å²) in [5, 5.41) is 14.7. The number of rotatable bonds is 3. The lowest BCUT2D eigenvalue weighted by Gasteiger charge is -2.41. The number of nitrogens with one attached hydrogen (secondary N) is 1. The first kappa shape index (κ1) is 22.3. The Bertz CT molecular complexity index is 503. The van der Waals surface area contributed by atoms with Crippen molar-refractivity contribution >= 4 is 52.3 Å². The van der Waals surface area contributed by atoms with E-state index in [0.717, 1.165) is 36.2 Å². The third-order valence-corrected chi connectivity index (χ3v) is 6.02. The summed E-state index contributed by atoms with van der Waals surface area (Å²) in [5.74, 6) is 0.908. The molecule has 3 nitrogen and oxygen atoms in total. The van der Waals surface area contributed by atoms with Crippen molar-refractivity contribution in [2.75, 3.05) is 26.2 Å². The molecule has 2 fully saturated rings. The highest BCUT2D eigenvalue weighted by molar-refractivity contribution is 9.10. The summed E-state index contributed by atoms with van der Waals surface area (Å²) >= 11 is 9.97. The number of piperazine rings is 1. The van der Waals surface area contributed by atoms with E-state index in [1.54, 1.807) is 0 Å². The lowest BCUT2D eigenvalue weighted by atomic mass is 9.80. The van der Waals surface area contributed by atoms with Gasteiger partial charge >= 0.3 is 0 Å². The van der Waals surface area contributed by atoms with Crippen LogP contribution in [-0.4, -0.2) is 36.2 Å². The van der Waals surface area contributed by atoms with E-state index in [2.05, 4.69) is 26.1 Å². The molecule has 1 heterocycles. The van der Waals surface area contributed by atoms with Gasteiger partial charge in [0.2, 0.25) is 0 Å². The predicted octanol–water partition coefficient (Wildman–Crippen LogP) is 5.18. The molecule has 0 aromatic heterocycles. The van der Waals surface area contributed by atoms with Crippen LogP contribution in [0.5, 0.6) is 5.75 Å². The molecular weight excluding hydrogens is 434 g/mol. The number of hydrogen-bond acceptors (Lipinski definition) is 3. The molecule has 1 saturated heterocycles. The second kappa shape index (κ2) is 10.4. The van der Waals surface area contributed by atoms with Gasteiger partial charge in [-0.1, -0.05) is 30.9 Å².